The van der Waals surface area contributed by atoms with E-state index in [1.807, 2.05) is 12.2 Å². The van der Waals surface area contributed by atoms with Crippen molar-refractivity contribution in [1.82, 2.24) is 0 Å². The van der Waals surface area contributed by atoms with Gasteiger partial charge in [-0.3, -0.25) is 19.3 Å². The number of alkyl halides is 3. The Morgan fingerprint density at radius 2 is 1.60 bits per heavy atom. The third kappa shape index (κ3) is 4.09. The summed E-state index contributed by atoms with van der Waals surface area (Å²) in [6.07, 6.45) is 0.275. The lowest BCUT2D eigenvalue weighted by Gasteiger charge is -2.17. The van der Waals surface area contributed by atoms with Gasteiger partial charge in [-0.1, -0.05) is 18.2 Å². The first-order valence-corrected chi connectivity index (χ1v) is 10.9. The van der Waals surface area contributed by atoms with E-state index in [0.29, 0.717) is 5.69 Å². The molecule has 3 aliphatic rings. The van der Waals surface area contributed by atoms with E-state index in [-0.39, 0.29) is 46.7 Å². The molecule has 2 aromatic rings. The Labute approximate surface area is 197 Å². The number of ether oxygens (including phenoxy) is 1. The van der Waals surface area contributed by atoms with Crippen molar-refractivity contribution in [1.29, 1.82) is 0 Å². The molecule has 2 fully saturated rings. The highest BCUT2D eigenvalue weighted by Gasteiger charge is 2.59. The van der Waals surface area contributed by atoms with Crippen LogP contribution in [0.15, 0.2) is 60.7 Å². The van der Waals surface area contributed by atoms with Crippen LogP contribution in [0, 0.1) is 23.7 Å². The van der Waals surface area contributed by atoms with Gasteiger partial charge in [-0.2, -0.15) is 13.2 Å². The number of benzene rings is 2. The molecule has 2 bridgehead atoms. The number of allylic oxidation sites excluding steroid dienone is 2. The molecule has 180 valence electrons. The Hall–Kier alpha value is -3.95. The number of imide groups is 1. The van der Waals surface area contributed by atoms with Gasteiger partial charge in [0.05, 0.1) is 28.7 Å². The van der Waals surface area contributed by atoms with Gasteiger partial charge in [0.1, 0.15) is 0 Å². The number of nitrogens with zero attached hydrogens (tertiary/aromatic N) is 1. The minimum Gasteiger partial charge on any atom is -0.452 e. The number of halogens is 3. The Morgan fingerprint density at radius 3 is 2.20 bits per heavy atom. The number of rotatable bonds is 5. The molecule has 1 N–H and O–H groups in total. The first kappa shape index (κ1) is 22.8. The third-order valence-corrected chi connectivity index (χ3v) is 6.64. The molecule has 1 saturated carbocycles. The Balaban J connectivity index is 1.18. The lowest BCUT2D eigenvalue weighted by atomic mass is 9.85. The molecule has 1 saturated heterocycles. The fourth-order valence-electron chi connectivity index (χ4n) is 5.09. The van der Waals surface area contributed by atoms with Gasteiger partial charge in [-0.15, -0.1) is 0 Å². The average Bonchev–Trinajstić information content (AvgIpc) is 3.51. The van der Waals surface area contributed by atoms with Crippen LogP contribution in [0.1, 0.15) is 22.3 Å². The summed E-state index contributed by atoms with van der Waals surface area (Å²) in [7, 11) is 0. The Bertz CT molecular complexity index is 1220. The van der Waals surface area contributed by atoms with Gasteiger partial charge < -0.3 is 10.1 Å². The molecule has 2 aliphatic carbocycles. The van der Waals surface area contributed by atoms with Crippen molar-refractivity contribution in [2.24, 2.45) is 23.7 Å². The number of hydrogen-bond donors (Lipinski definition) is 1. The zero-order chi connectivity index (χ0) is 24.9. The van der Waals surface area contributed by atoms with Crippen LogP contribution in [0.3, 0.4) is 0 Å². The SMILES string of the molecule is O=C(COC(=O)c1ccc(N2C(=O)[C@@H]3[C@@H](C2=O)[C@H]2C=C[C@H]3C2)cc1)Nc1cccc(C(F)(F)F)c1. The molecule has 35 heavy (non-hydrogen) atoms. The number of amides is 3. The zero-order valence-corrected chi connectivity index (χ0v) is 18.1. The van der Waals surface area contributed by atoms with E-state index in [9.17, 15) is 32.3 Å². The standard InChI is InChI=1S/C25H19F3N2O5/c26-25(27,28)16-2-1-3-17(11-16)29-19(31)12-35-24(34)13-6-8-18(9-7-13)30-22(32)20-14-4-5-15(10-14)21(20)23(30)33/h1-9,11,14-15,20-21H,10,12H2,(H,29,31)/t14-,15-,20-,21-/m0/s1. The predicted octanol–water partition coefficient (Wildman–Crippen LogP) is 3.81. The maximum absolute atomic E-state index is 12.9. The number of anilines is 2. The molecule has 10 heteroatoms. The molecule has 2 aromatic carbocycles. The summed E-state index contributed by atoms with van der Waals surface area (Å²) in [4.78, 5) is 51.2. The van der Waals surface area contributed by atoms with Gasteiger partial charge in [0.2, 0.25) is 11.8 Å². The summed E-state index contributed by atoms with van der Waals surface area (Å²) in [5, 5.41) is 2.25. The molecule has 7 nitrogen and oxygen atoms in total. The second-order valence-corrected chi connectivity index (χ2v) is 8.76. The largest absolute Gasteiger partial charge is 0.452 e. The van der Waals surface area contributed by atoms with E-state index < -0.39 is 30.2 Å². The molecular weight excluding hydrogens is 465 g/mol. The maximum atomic E-state index is 12.9. The van der Waals surface area contributed by atoms with Crippen molar-refractivity contribution in [3.63, 3.8) is 0 Å². The first-order chi connectivity index (χ1) is 16.6. The van der Waals surface area contributed by atoms with Gasteiger partial charge >= 0.3 is 12.1 Å². The lowest BCUT2D eigenvalue weighted by molar-refractivity contribution is -0.137. The smallest absolute Gasteiger partial charge is 0.416 e. The summed E-state index contributed by atoms with van der Waals surface area (Å²) >= 11 is 0. The second kappa shape index (κ2) is 8.37. The van der Waals surface area contributed by atoms with Gasteiger partial charge in [0.15, 0.2) is 6.61 Å². The highest BCUT2D eigenvalue weighted by molar-refractivity contribution is 6.22. The minimum atomic E-state index is -4.56. The first-order valence-electron chi connectivity index (χ1n) is 10.9. The fraction of sp³-hybridized carbons (Fsp3) is 0.280. The molecule has 4 atom stereocenters. The number of nitrogens with one attached hydrogen (secondary N) is 1. The average molecular weight is 484 g/mol. The predicted molar refractivity (Wildman–Crippen MR) is 117 cm³/mol. The number of fused-ring (bicyclic) bond motifs is 5. The van der Waals surface area contributed by atoms with E-state index in [2.05, 4.69) is 5.32 Å². The molecule has 3 amide bonds. The third-order valence-electron chi connectivity index (χ3n) is 6.64. The van der Waals surface area contributed by atoms with E-state index in [0.717, 1.165) is 24.6 Å². The Morgan fingerprint density at radius 1 is 0.971 bits per heavy atom. The number of carbonyl (C=O) groups excluding carboxylic acids is 4. The molecule has 0 aromatic heterocycles. The molecule has 0 radical (unpaired) electrons. The molecule has 1 aliphatic heterocycles. The maximum Gasteiger partial charge on any atom is 0.416 e. The van der Waals surface area contributed by atoms with Gasteiger partial charge in [0, 0.05) is 5.69 Å². The van der Waals surface area contributed by atoms with E-state index in [1.54, 1.807) is 0 Å². The van der Waals surface area contributed by atoms with Gasteiger partial charge in [-0.25, -0.2) is 4.79 Å². The van der Waals surface area contributed by atoms with E-state index in [4.69, 9.17) is 4.74 Å². The molecular formula is C25H19F3N2O5. The van der Waals surface area contributed by atoms with Gasteiger partial charge in [-0.05, 0) is 60.7 Å². The molecule has 0 unspecified atom stereocenters. The van der Waals surface area contributed by atoms with Crippen molar-refractivity contribution < 1.29 is 37.1 Å². The van der Waals surface area contributed by atoms with E-state index >= 15 is 0 Å². The number of esters is 1. The van der Waals surface area contributed by atoms with Crippen LogP contribution in [-0.2, 0) is 25.3 Å². The minimum absolute atomic E-state index is 0.0846. The normalized spacial score (nSPS) is 24.6. The van der Waals surface area contributed by atoms with Crippen molar-refractivity contribution >= 4 is 35.1 Å². The lowest BCUT2D eigenvalue weighted by Crippen LogP contribution is -2.32. The number of hydrogen-bond acceptors (Lipinski definition) is 5. The highest BCUT2D eigenvalue weighted by atomic mass is 19.4. The summed E-state index contributed by atoms with van der Waals surface area (Å²) in [6, 6.07) is 9.76. The van der Waals surface area contributed by atoms with Crippen LogP contribution in [0.25, 0.3) is 0 Å². The monoisotopic (exact) mass is 484 g/mol. The van der Waals surface area contributed by atoms with Crippen molar-refractivity contribution in [3.8, 4) is 0 Å². The second-order valence-electron chi connectivity index (χ2n) is 8.76. The van der Waals surface area contributed by atoms with Crippen LogP contribution < -0.4 is 10.2 Å². The topological polar surface area (TPSA) is 92.8 Å². The van der Waals surface area contributed by atoms with Gasteiger partial charge in [0.25, 0.3) is 5.91 Å². The van der Waals surface area contributed by atoms with Crippen molar-refractivity contribution in [3.05, 3.63) is 71.8 Å². The summed E-state index contributed by atoms with van der Waals surface area (Å²) in [5.74, 6) is -2.62. The summed E-state index contributed by atoms with van der Waals surface area (Å²) < 4.78 is 43.3. The van der Waals surface area contributed by atoms with Crippen LogP contribution >= 0.6 is 0 Å². The quantitative estimate of drug-likeness (QED) is 0.396. The van der Waals surface area contributed by atoms with Crippen molar-refractivity contribution in [2.75, 3.05) is 16.8 Å². The fourth-order valence-corrected chi connectivity index (χ4v) is 5.09. The van der Waals surface area contributed by atoms with Crippen LogP contribution in [0.5, 0.6) is 0 Å². The van der Waals surface area contributed by atoms with Crippen LogP contribution in [-0.4, -0.2) is 30.3 Å². The Kier molecular flexibility index (Phi) is 5.46. The van der Waals surface area contributed by atoms with Crippen LogP contribution in [0.2, 0.25) is 0 Å². The summed E-state index contributed by atoms with van der Waals surface area (Å²) in [6.45, 7) is -0.709. The van der Waals surface area contributed by atoms with Crippen LogP contribution in [0.4, 0.5) is 24.5 Å². The van der Waals surface area contributed by atoms with Crippen molar-refractivity contribution in [2.45, 2.75) is 12.6 Å². The highest BCUT2D eigenvalue weighted by Crippen LogP contribution is 2.53. The van der Waals surface area contributed by atoms with E-state index in [1.165, 1.54) is 35.2 Å². The molecule has 0 spiro atoms. The molecule has 5 rings (SSSR count). The summed E-state index contributed by atoms with van der Waals surface area (Å²) in [5.41, 5.74) is -0.567. The number of carbonyl (C=O) groups is 4. The molecule has 1 heterocycles. The zero-order valence-electron chi connectivity index (χ0n) is 18.1.